The first-order chi connectivity index (χ1) is 16.7. The topological polar surface area (TPSA) is 46.4 Å². The predicted molar refractivity (Wildman–Crippen MR) is 149 cm³/mol. The lowest BCUT2D eigenvalue weighted by Crippen LogP contribution is -2.25. The maximum absolute atomic E-state index is 11.0. The van der Waals surface area contributed by atoms with Crippen LogP contribution in [-0.2, 0) is 0 Å². The molecule has 34 heavy (non-hydrogen) atoms. The monoisotopic (exact) mass is 474 g/mol. The quantitative estimate of drug-likeness (QED) is 0.0850. The Balaban J connectivity index is 2.28. The van der Waals surface area contributed by atoms with E-state index in [9.17, 15) is 10.1 Å². The summed E-state index contributed by atoms with van der Waals surface area (Å²) >= 11 is 0. The van der Waals surface area contributed by atoms with Gasteiger partial charge in [-0.3, -0.25) is 10.1 Å². The summed E-state index contributed by atoms with van der Waals surface area (Å²) in [5.74, 6) is 0. The fourth-order valence-corrected chi connectivity index (χ4v) is 4.74. The first kappa shape index (κ1) is 30.5. The second-order valence-electron chi connectivity index (χ2n) is 10.1. The van der Waals surface area contributed by atoms with Crippen molar-refractivity contribution in [1.82, 2.24) is 0 Å². The minimum absolute atomic E-state index is 0.182. The average Bonchev–Trinajstić information content (AvgIpc) is 2.85. The van der Waals surface area contributed by atoms with Crippen LogP contribution in [0.1, 0.15) is 142 Å². The number of anilines is 1. The molecule has 0 fully saturated rings. The van der Waals surface area contributed by atoms with Crippen LogP contribution in [0.2, 0.25) is 0 Å². The maximum atomic E-state index is 11.0. The van der Waals surface area contributed by atoms with Crippen molar-refractivity contribution in [3.8, 4) is 0 Å². The molecule has 1 aromatic carbocycles. The third-order valence-electron chi connectivity index (χ3n) is 6.99. The molecule has 0 unspecified atom stereocenters. The van der Waals surface area contributed by atoms with Gasteiger partial charge in [-0.2, -0.15) is 0 Å². The zero-order valence-electron chi connectivity index (χ0n) is 22.6. The van der Waals surface area contributed by atoms with Crippen LogP contribution in [0.25, 0.3) is 0 Å². The van der Waals surface area contributed by atoms with Crippen LogP contribution in [0.5, 0.6) is 0 Å². The highest BCUT2D eigenvalue weighted by Crippen LogP contribution is 2.21. The zero-order valence-corrected chi connectivity index (χ0v) is 22.6. The van der Waals surface area contributed by atoms with Gasteiger partial charge in [0.15, 0.2) is 0 Å². The molecule has 4 heteroatoms. The lowest BCUT2D eigenvalue weighted by atomic mass is 10.1. The van der Waals surface area contributed by atoms with Gasteiger partial charge < -0.3 is 4.90 Å². The van der Waals surface area contributed by atoms with Crippen LogP contribution in [0.3, 0.4) is 0 Å². The zero-order chi connectivity index (χ0) is 24.7. The van der Waals surface area contributed by atoms with E-state index in [1.165, 1.54) is 128 Å². The van der Waals surface area contributed by atoms with Gasteiger partial charge in [0.25, 0.3) is 5.69 Å². The van der Waals surface area contributed by atoms with Gasteiger partial charge in [0.2, 0.25) is 0 Å². The summed E-state index contributed by atoms with van der Waals surface area (Å²) in [5.41, 5.74) is 1.32. The van der Waals surface area contributed by atoms with Crippen molar-refractivity contribution in [1.29, 1.82) is 0 Å². The lowest BCUT2D eigenvalue weighted by Gasteiger charge is -2.25. The second-order valence-corrected chi connectivity index (χ2v) is 10.1. The van der Waals surface area contributed by atoms with Crippen molar-refractivity contribution in [2.45, 2.75) is 142 Å². The number of benzene rings is 1. The molecule has 0 saturated heterocycles. The molecule has 0 aromatic heterocycles. The molecule has 0 atom stereocenters. The molecule has 1 aromatic rings. The third kappa shape index (κ3) is 16.1. The van der Waals surface area contributed by atoms with E-state index in [-0.39, 0.29) is 10.6 Å². The Morgan fingerprint density at radius 2 is 0.882 bits per heavy atom. The highest BCUT2D eigenvalue weighted by Gasteiger charge is 2.10. The van der Waals surface area contributed by atoms with Gasteiger partial charge in [0, 0.05) is 30.9 Å². The highest BCUT2D eigenvalue weighted by molar-refractivity contribution is 5.50. The van der Waals surface area contributed by atoms with Gasteiger partial charge in [0.05, 0.1) is 4.92 Å². The van der Waals surface area contributed by atoms with E-state index in [1.807, 2.05) is 12.1 Å². The Morgan fingerprint density at radius 3 is 1.21 bits per heavy atom. The van der Waals surface area contributed by atoms with E-state index in [0.717, 1.165) is 18.8 Å². The molecule has 1 rings (SSSR count). The molecule has 0 aliphatic rings. The normalized spacial score (nSPS) is 11.1. The van der Waals surface area contributed by atoms with Crippen LogP contribution < -0.4 is 4.90 Å². The van der Waals surface area contributed by atoms with E-state index in [1.54, 1.807) is 12.1 Å². The number of nitrogens with zero attached hydrogens (tertiary/aromatic N) is 2. The molecular weight excluding hydrogens is 420 g/mol. The number of nitro groups is 1. The van der Waals surface area contributed by atoms with Crippen molar-refractivity contribution in [2.75, 3.05) is 18.0 Å². The van der Waals surface area contributed by atoms with Crippen molar-refractivity contribution < 1.29 is 4.92 Å². The third-order valence-corrected chi connectivity index (χ3v) is 6.99. The lowest BCUT2D eigenvalue weighted by molar-refractivity contribution is -0.384. The number of rotatable bonds is 24. The van der Waals surface area contributed by atoms with E-state index >= 15 is 0 Å². The Bertz CT molecular complexity index is 564. The summed E-state index contributed by atoms with van der Waals surface area (Å²) in [4.78, 5) is 13.2. The van der Waals surface area contributed by atoms with Gasteiger partial charge in [-0.05, 0) is 25.0 Å². The molecule has 0 bridgehead atoms. The first-order valence-corrected chi connectivity index (χ1v) is 14.7. The van der Waals surface area contributed by atoms with Gasteiger partial charge in [-0.25, -0.2) is 0 Å². The molecule has 196 valence electrons. The van der Waals surface area contributed by atoms with E-state index < -0.39 is 0 Å². The van der Waals surface area contributed by atoms with Gasteiger partial charge in [0.1, 0.15) is 0 Å². The van der Waals surface area contributed by atoms with Crippen molar-refractivity contribution >= 4 is 11.4 Å². The van der Waals surface area contributed by atoms with Crippen LogP contribution in [0.4, 0.5) is 11.4 Å². The molecule has 0 aliphatic carbocycles. The highest BCUT2D eigenvalue weighted by atomic mass is 16.6. The van der Waals surface area contributed by atoms with Crippen molar-refractivity contribution in [3.63, 3.8) is 0 Å². The fourth-order valence-electron chi connectivity index (χ4n) is 4.74. The smallest absolute Gasteiger partial charge is 0.269 e. The maximum Gasteiger partial charge on any atom is 0.269 e. The van der Waals surface area contributed by atoms with Gasteiger partial charge >= 0.3 is 0 Å². The van der Waals surface area contributed by atoms with Crippen LogP contribution in [0, 0.1) is 10.1 Å². The summed E-state index contributed by atoms with van der Waals surface area (Å²) < 4.78 is 0. The van der Waals surface area contributed by atoms with Crippen LogP contribution in [-0.4, -0.2) is 18.0 Å². The molecule has 0 N–H and O–H groups in total. The summed E-state index contributed by atoms with van der Waals surface area (Å²) in [7, 11) is 0. The number of hydrogen-bond acceptors (Lipinski definition) is 3. The minimum atomic E-state index is -0.307. The second kappa shape index (κ2) is 21.9. The Hall–Kier alpha value is -1.58. The summed E-state index contributed by atoms with van der Waals surface area (Å²) in [5, 5.41) is 11.0. The predicted octanol–water partition coefficient (Wildman–Crippen LogP) is 10.2. The largest absolute Gasteiger partial charge is 0.372 e. The SMILES string of the molecule is CCCCCCCCCCCCN(CCCCCCCCCCCC)c1ccc([N+](=O)[O-])cc1. The fraction of sp³-hybridized carbons (Fsp3) is 0.800. The van der Waals surface area contributed by atoms with Gasteiger partial charge in [-0.1, -0.05) is 129 Å². The standard InChI is InChI=1S/C30H54N2O2/c1-3-5-7-9-11-13-15-17-19-21-27-31(29-23-25-30(26-24-29)32(33)34)28-22-20-18-16-14-12-10-8-6-4-2/h23-26H,3-22,27-28H2,1-2H3. The van der Waals surface area contributed by atoms with E-state index in [2.05, 4.69) is 18.7 Å². The average molecular weight is 475 g/mol. The van der Waals surface area contributed by atoms with Crippen LogP contribution in [0.15, 0.2) is 24.3 Å². The minimum Gasteiger partial charge on any atom is -0.372 e. The molecule has 0 aliphatic heterocycles. The number of nitro benzene ring substituents is 1. The summed E-state index contributed by atoms with van der Waals surface area (Å²) in [6.45, 7) is 6.67. The Kier molecular flexibility index (Phi) is 19.6. The Labute approximate surface area is 211 Å². The number of unbranched alkanes of at least 4 members (excludes halogenated alkanes) is 18. The molecule has 4 nitrogen and oxygen atoms in total. The molecule has 0 amide bonds. The summed E-state index contributed by atoms with van der Waals surface area (Å²) in [6, 6.07) is 7.17. The first-order valence-electron chi connectivity index (χ1n) is 14.7. The molecule has 0 radical (unpaired) electrons. The molecule has 0 heterocycles. The molecule has 0 saturated carbocycles. The van der Waals surface area contributed by atoms with Crippen molar-refractivity contribution in [2.24, 2.45) is 0 Å². The van der Waals surface area contributed by atoms with E-state index in [4.69, 9.17) is 0 Å². The molecular formula is C30H54N2O2. The van der Waals surface area contributed by atoms with Gasteiger partial charge in [-0.15, -0.1) is 0 Å². The Morgan fingerprint density at radius 1 is 0.559 bits per heavy atom. The summed E-state index contributed by atoms with van der Waals surface area (Å²) in [6.07, 6.45) is 27.0. The molecule has 0 spiro atoms. The van der Waals surface area contributed by atoms with Crippen molar-refractivity contribution in [3.05, 3.63) is 34.4 Å². The van der Waals surface area contributed by atoms with E-state index in [0.29, 0.717) is 0 Å². The number of hydrogen-bond donors (Lipinski definition) is 0. The number of non-ortho nitro benzene ring substituents is 1. The van der Waals surface area contributed by atoms with Crippen LogP contribution >= 0.6 is 0 Å².